The second-order valence-electron chi connectivity index (χ2n) is 6.40. The summed E-state index contributed by atoms with van der Waals surface area (Å²) in [5.41, 5.74) is 1.39. The maximum Gasteiger partial charge on any atom is 0.338 e. The number of benzene rings is 2. The van der Waals surface area contributed by atoms with Gasteiger partial charge in [0.1, 0.15) is 5.75 Å². The Bertz CT molecular complexity index is 909. The van der Waals surface area contributed by atoms with Crippen LogP contribution in [0.4, 0.5) is 17.1 Å². The molecular formula is C21H25N3O6. The molecule has 2 aromatic carbocycles. The van der Waals surface area contributed by atoms with Crippen LogP contribution in [0.5, 0.6) is 5.75 Å². The Morgan fingerprint density at radius 2 is 1.77 bits per heavy atom. The van der Waals surface area contributed by atoms with Crippen molar-refractivity contribution in [3.8, 4) is 5.75 Å². The molecule has 0 bridgehead atoms. The number of carbonyl (C=O) groups is 2. The molecule has 1 N–H and O–H groups in total. The van der Waals surface area contributed by atoms with E-state index in [1.54, 1.807) is 12.1 Å². The van der Waals surface area contributed by atoms with E-state index < -0.39 is 22.9 Å². The molecule has 0 heterocycles. The summed E-state index contributed by atoms with van der Waals surface area (Å²) in [5.74, 6) is -1.09. The summed E-state index contributed by atoms with van der Waals surface area (Å²) in [5, 5.41) is 13.4. The molecule has 0 aromatic heterocycles. The third kappa shape index (κ3) is 5.47. The predicted octanol–water partition coefficient (Wildman–Crippen LogP) is 3.63. The molecule has 9 heteroatoms. The minimum absolute atomic E-state index is 0.128. The largest absolute Gasteiger partial charge is 0.494 e. The van der Waals surface area contributed by atoms with Crippen LogP contribution in [0.1, 0.15) is 31.1 Å². The van der Waals surface area contributed by atoms with Gasteiger partial charge in [0.05, 0.1) is 29.4 Å². The van der Waals surface area contributed by atoms with E-state index in [1.807, 2.05) is 26.0 Å². The van der Waals surface area contributed by atoms with Gasteiger partial charge < -0.3 is 19.7 Å². The Morgan fingerprint density at radius 1 is 1.13 bits per heavy atom. The predicted molar refractivity (Wildman–Crippen MR) is 113 cm³/mol. The fourth-order valence-electron chi connectivity index (χ4n) is 2.81. The van der Waals surface area contributed by atoms with Crippen LogP contribution in [0.15, 0.2) is 42.5 Å². The Labute approximate surface area is 174 Å². The third-order valence-electron chi connectivity index (χ3n) is 4.54. The molecule has 160 valence electrons. The lowest BCUT2D eigenvalue weighted by molar-refractivity contribution is -0.384. The molecule has 0 unspecified atom stereocenters. The van der Waals surface area contributed by atoms with E-state index >= 15 is 0 Å². The van der Waals surface area contributed by atoms with Crippen molar-refractivity contribution in [1.29, 1.82) is 0 Å². The zero-order chi connectivity index (χ0) is 22.3. The second kappa shape index (κ2) is 10.2. The number of ether oxygens (including phenoxy) is 2. The number of methoxy groups -OCH3 is 1. The SMILES string of the molecule is CCN(CC)c1ccc(C(=O)O[C@H](C)C(=O)Nc2ccc([N+](=O)[O-])cc2OC)cc1. The molecule has 30 heavy (non-hydrogen) atoms. The molecule has 2 rings (SSSR count). The molecule has 0 radical (unpaired) electrons. The highest BCUT2D eigenvalue weighted by molar-refractivity contribution is 5.98. The van der Waals surface area contributed by atoms with Crippen LogP contribution in [0.25, 0.3) is 0 Å². The maximum atomic E-state index is 12.4. The lowest BCUT2D eigenvalue weighted by atomic mass is 10.2. The van der Waals surface area contributed by atoms with Crippen molar-refractivity contribution >= 4 is 28.9 Å². The first-order valence-electron chi connectivity index (χ1n) is 9.49. The van der Waals surface area contributed by atoms with E-state index in [2.05, 4.69) is 10.2 Å². The van der Waals surface area contributed by atoms with Gasteiger partial charge in [-0.1, -0.05) is 0 Å². The molecule has 0 aliphatic heterocycles. The molecule has 1 atom stereocenters. The normalized spacial score (nSPS) is 11.3. The molecular weight excluding hydrogens is 390 g/mol. The van der Waals surface area contributed by atoms with Crippen molar-refractivity contribution in [3.63, 3.8) is 0 Å². The van der Waals surface area contributed by atoms with E-state index in [1.165, 1.54) is 32.2 Å². The van der Waals surface area contributed by atoms with Gasteiger partial charge in [0, 0.05) is 24.8 Å². The maximum absolute atomic E-state index is 12.4. The van der Waals surface area contributed by atoms with Crippen molar-refractivity contribution in [2.24, 2.45) is 0 Å². The second-order valence-corrected chi connectivity index (χ2v) is 6.40. The molecule has 0 saturated carbocycles. The van der Waals surface area contributed by atoms with E-state index in [-0.39, 0.29) is 17.1 Å². The van der Waals surface area contributed by atoms with E-state index in [0.29, 0.717) is 5.56 Å². The number of nitrogens with one attached hydrogen (secondary N) is 1. The molecule has 0 aliphatic carbocycles. The molecule has 0 fully saturated rings. The highest BCUT2D eigenvalue weighted by atomic mass is 16.6. The lowest BCUT2D eigenvalue weighted by Gasteiger charge is -2.21. The number of non-ortho nitro benzene ring substituents is 1. The summed E-state index contributed by atoms with van der Waals surface area (Å²) >= 11 is 0. The Hall–Kier alpha value is -3.62. The van der Waals surface area contributed by atoms with Crippen LogP contribution in [0.3, 0.4) is 0 Å². The van der Waals surface area contributed by atoms with Gasteiger partial charge in [-0.25, -0.2) is 4.79 Å². The van der Waals surface area contributed by atoms with Crippen molar-refractivity contribution in [2.75, 3.05) is 30.4 Å². The van der Waals surface area contributed by atoms with Gasteiger partial charge in [-0.2, -0.15) is 0 Å². The van der Waals surface area contributed by atoms with Gasteiger partial charge in [0.25, 0.3) is 11.6 Å². The molecule has 0 spiro atoms. The molecule has 0 saturated heterocycles. The number of hydrogen-bond acceptors (Lipinski definition) is 7. The van der Waals surface area contributed by atoms with Gasteiger partial charge in [0.2, 0.25) is 0 Å². The number of carbonyl (C=O) groups excluding carboxylic acids is 2. The third-order valence-corrected chi connectivity index (χ3v) is 4.54. The first-order valence-corrected chi connectivity index (χ1v) is 9.49. The standard InChI is InChI=1S/C21H25N3O6/c1-5-23(6-2)16-9-7-15(8-10-16)21(26)30-14(3)20(25)22-18-12-11-17(24(27)28)13-19(18)29-4/h7-14H,5-6H2,1-4H3,(H,22,25)/t14-/m1/s1. The minimum atomic E-state index is -1.08. The summed E-state index contributed by atoms with van der Waals surface area (Å²) in [4.78, 5) is 37.2. The number of nitro groups is 1. The Balaban J connectivity index is 2.03. The van der Waals surface area contributed by atoms with Gasteiger partial charge >= 0.3 is 5.97 Å². The Morgan fingerprint density at radius 3 is 2.30 bits per heavy atom. The zero-order valence-corrected chi connectivity index (χ0v) is 17.4. The number of nitrogens with zero attached hydrogens (tertiary/aromatic N) is 2. The highest BCUT2D eigenvalue weighted by Crippen LogP contribution is 2.29. The fourth-order valence-corrected chi connectivity index (χ4v) is 2.81. The first-order chi connectivity index (χ1) is 14.3. The monoisotopic (exact) mass is 415 g/mol. The van der Waals surface area contributed by atoms with Crippen LogP contribution < -0.4 is 15.0 Å². The van der Waals surface area contributed by atoms with Gasteiger partial charge in [-0.3, -0.25) is 14.9 Å². The summed E-state index contributed by atoms with van der Waals surface area (Å²) in [6, 6.07) is 10.8. The molecule has 9 nitrogen and oxygen atoms in total. The van der Waals surface area contributed by atoms with Crippen LogP contribution in [-0.4, -0.2) is 43.1 Å². The van der Waals surface area contributed by atoms with Crippen molar-refractivity contribution in [3.05, 3.63) is 58.1 Å². The van der Waals surface area contributed by atoms with Gasteiger partial charge in [-0.05, 0) is 51.1 Å². The van der Waals surface area contributed by atoms with Crippen LogP contribution in [0.2, 0.25) is 0 Å². The summed E-state index contributed by atoms with van der Waals surface area (Å²) in [6.07, 6.45) is -1.08. The van der Waals surface area contributed by atoms with Crippen molar-refractivity contribution in [1.82, 2.24) is 0 Å². The smallest absolute Gasteiger partial charge is 0.338 e. The van der Waals surface area contributed by atoms with Gasteiger partial charge in [-0.15, -0.1) is 0 Å². The number of amides is 1. The molecule has 1 amide bonds. The van der Waals surface area contributed by atoms with E-state index in [9.17, 15) is 19.7 Å². The average Bonchev–Trinajstić information content (AvgIpc) is 2.75. The van der Waals surface area contributed by atoms with Crippen molar-refractivity contribution in [2.45, 2.75) is 26.9 Å². The zero-order valence-electron chi connectivity index (χ0n) is 17.4. The van der Waals surface area contributed by atoms with Gasteiger partial charge in [0.15, 0.2) is 6.10 Å². The Kier molecular flexibility index (Phi) is 7.74. The highest BCUT2D eigenvalue weighted by Gasteiger charge is 2.21. The average molecular weight is 415 g/mol. The van der Waals surface area contributed by atoms with E-state index in [4.69, 9.17) is 9.47 Å². The lowest BCUT2D eigenvalue weighted by Crippen LogP contribution is -2.30. The number of rotatable bonds is 9. The summed E-state index contributed by atoms with van der Waals surface area (Å²) in [7, 11) is 1.33. The summed E-state index contributed by atoms with van der Waals surface area (Å²) in [6.45, 7) is 7.24. The number of nitro benzene ring substituents is 1. The number of esters is 1. The fraction of sp³-hybridized carbons (Fsp3) is 0.333. The van der Waals surface area contributed by atoms with Crippen LogP contribution in [-0.2, 0) is 9.53 Å². The molecule has 2 aromatic rings. The topological polar surface area (TPSA) is 111 Å². The van der Waals surface area contributed by atoms with Crippen molar-refractivity contribution < 1.29 is 24.0 Å². The first kappa shape index (κ1) is 22.7. The quantitative estimate of drug-likeness (QED) is 0.378. The van der Waals surface area contributed by atoms with Crippen LogP contribution in [0, 0.1) is 10.1 Å². The minimum Gasteiger partial charge on any atom is -0.494 e. The number of anilines is 2. The van der Waals surface area contributed by atoms with Crippen LogP contribution >= 0.6 is 0 Å². The number of hydrogen-bond donors (Lipinski definition) is 1. The summed E-state index contributed by atoms with van der Waals surface area (Å²) < 4.78 is 10.3. The molecule has 0 aliphatic rings. The van der Waals surface area contributed by atoms with E-state index in [0.717, 1.165) is 18.8 Å².